The molecule has 0 aliphatic rings. The highest BCUT2D eigenvalue weighted by Crippen LogP contribution is 2.36. The van der Waals surface area contributed by atoms with E-state index in [-0.39, 0.29) is 0 Å². The van der Waals surface area contributed by atoms with Crippen LogP contribution < -0.4 is 5.73 Å². The summed E-state index contributed by atoms with van der Waals surface area (Å²) in [5.74, 6) is 0.332. The van der Waals surface area contributed by atoms with Gasteiger partial charge in [-0.3, -0.25) is 0 Å². The zero-order valence-corrected chi connectivity index (χ0v) is 20.7. The van der Waals surface area contributed by atoms with E-state index in [2.05, 4.69) is 39.1 Å². The summed E-state index contributed by atoms with van der Waals surface area (Å²) >= 11 is 3.11. The predicted octanol–water partition coefficient (Wildman–Crippen LogP) is 6.80. The Morgan fingerprint density at radius 3 is 2.67 bits per heavy atom. The Morgan fingerprint density at radius 2 is 1.83 bits per heavy atom. The quantitative estimate of drug-likeness (QED) is 0.0775. The van der Waals surface area contributed by atoms with Crippen LogP contribution in [0.4, 0.5) is 16.6 Å². The lowest BCUT2D eigenvalue weighted by molar-refractivity contribution is -0.432. The molecule has 0 aliphatic carbocycles. The normalized spacial score (nSPS) is 11.9. The molecule has 5 rings (SSSR count). The molecule has 4 N–H and O–H groups in total. The van der Waals surface area contributed by atoms with Gasteiger partial charge in [0, 0.05) is 9.79 Å². The van der Waals surface area contributed by atoms with Gasteiger partial charge < -0.3 is 5.73 Å². The van der Waals surface area contributed by atoms with Gasteiger partial charge in [0.15, 0.2) is 11.5 Å². The number of hydrogen-bond acceptors (Lipinski definition) is 14. The maximum Gasteiger partial charge on any atom is 0.231 e. The van der Waals surface area contributed by atoms with Crippen LogP contribution in [0.25, 0.3) is 26.7 Å². The van der Waals surface area contributed by atoms with E-state index in [9.17, 15) is 0 Å². The second-order valence-corrected chi connectivity index (χ2v) is 9.70. The summed E-state index contributed by atoms with van der Waals surface area (Å²) < 4.78 is 11.5. The molecule has 0 unspecified atom stereocenters. The van der Waals surface area contributed by atoms with Gasteiger partial charge in [-0.05, 0) is 54.1 Å². The molecule has 184 valence electrons. The third kappa shape index (κ3) is 5.05. The molecule has 0 atom stereocenters. The summed E-state index contributed by atoms with van der Waals surface area (Å²) in [6, 6.07) is 16.8. The number of thiazole rings is 1. The first kappa shape index (κ1) is 24.6. The number of aryl methyl sites for hydroxylation is 1. The minimum Gasteiger partial charge on any atom is -0.382 e. The van der Waals surface area contributed by atoms with Crippen LogP contribution in [0.5, 0.6) is 0 Å². The molecule has 5 aromatic rings. The number of hydrogen-bond donors (Lipinski definition) is 3. The standard InChI is InChI=1S/C21H16N6O6S3/c1-11-19(24-25-21-23-16-10-14(35-32-30-28)6-8-18(16)34-21)20(22)27(26-11)13-5-7-15-12(9-13)3-2-4-17(15)36-33-31-29/h2-10,28-29H,22H2,1H3. The lowest BCUT2D eigenvalue weighted by Gasteiger charge is -2.08. The van der Waals surface area contributed by atoms with Crippen LogP contribution in [0.3, 0.4) is 0 Å². The van der Waals surface area contributed by atoms with Crippen molar-refractivity contribution >= 4 is 73.0 Å². The number of fused-ring (bicyclic) bond motifs is 2. The second-order valence-electron chi connectivity index (χ2n) is 7.17. The molecule has 0 aliphatic heterocycles. The van der Waals surface area contributed by atoms with Gasteiger partial charge >= 0.3 is 0 Å². The third-order valence-electron chi connectivity index (χ3n) is 5.03. The average Bonchev–Trinajstić information content (AvgIpc) is 3.43. The average molecular weight is 545 g/mol. The molecule has 3 aromatic carbocycles. The number of nitrogens with zero attached hydrogens (tertiary/aromatic N) is 5. The molecule has 2 heterocycles. The van der Waals surface area contributed by atoms with Crippen LogP contribution in [-0.2, 0) is 18.7 Å². The minimum absolute atomic E-state index is 0.332. The zero-order chi connectivity index (χ0) is 25.1. The molecule has 2 aromatic heterocycles. The van der Waals surface area contributed by atoms with Gasteiger partial charge in [-0.1, -0.05) is 39.6 Å². The predicted molar refractivity (Wildman–Crippen MR) is 135 cm³/mol. The maximum atomic E-state index is 8.44. The summed E-state index contributed by atoms with van der Waals surface area (Å²) in [6.45, 7) is 1.80. The Kier molecular flexibility index (Phi) is 7.42. The van der Waals surface area contributed by atoms with Gasteiger partial charge in [-0.15, -0.1) is 18.9 Å². The van der Waals surface area contributed by atoms with Gasteiger partial charge in [-0.25, -0.2) is 20.2 Å². The van der Waals surface area contributed by atoms with Crippen molar-refractivity contribution in [1.29, 1.82) is 0 Å². The molecule has 0 radical (unpaired) electrons. The third-order valence-corrected chi connectivity index (χ3v) is 7.19. The first-order chi connectivity index (χ1) is 17.6. The smallest absolute Gasteiger partial charge is 0.231 e. The topological polar surface area (TPSA) is 159 Å². The van der Waals surface area contributed by atoms with Crippen molar-refractivity contribution in [2.45, 2.75) is 16.7 Å². The number of azo groups is 1. The van der Waals surface area contributed by atoms with Crippen molar-refractivity contribution in [1.82, 2.24) is 14.8 Å². The molecular formula is C21H16N6O6S3. The summed E-state index contributed by atoms with van der Waals surface area (Å²) in [5.41, 5.74) is 8.88. The van der Waals surface area contributed by atoms with E-state index in [0.717, 1.165) is 50.1 Å². The highest BCUT2D eigenvalue weighted by atomic mass is 32.2. The highest BCUT2D eigenvalue weighted by molar-refractivity contribution is 7.95. The van der Waals surface area contributed by atoms with Crippen molar-refractivity contribution in [3.8, 4) is 5.69 Å². The molecule has 0 spiro atoms. The fourth-order valence-corrected chi connectivity index (χ4v) is 5.17. The van der Waals surface area contributed by atoms with Gasteiger partial charge in [0.05, 0.1) is 45.7 Å². The summed E-state index contributed by atoms with van der Waals surface area (Å²) in [5, 5.41) is 39.5. The number of aromatic nitrogens is 3. The lowest BCUT2D eigenvalue weighted by Crippen LogP contribution is -2.01. The van der Waals surface area contributed by atoms with Crippen molar-refractivity contribution in [3.63, 3.8) is 0 Å². The van der Waals surface area contributed by atoms with E-state index in [1.807, 2.05) is 42.5 Å². The first-order valence-electron chi connectivity index (χ1n) is 10.1. The number of rotatable bonds is 9. The molecule has 0 saturated carbocycles. The Balaban J connectivity index is 1.42. The molecule has 0 bridgehead atoms. The van der Waals surface area contributed by atoms with E-state index in [0.29, 0.717) is 32.7 Å². The van der Waals surface area contributed by atoms with Gasteiger partial charge in [0.25, 0.3) is 0 Å². The number of nitrogens with two attached hydrogens (primary N) is 1. The van der Waals surface area contributed by atoms with Crippen molar-refractivity contribution in [2.75, 3.05) is 5.73 Å². The summed E-state index contributed by atoms with van der Waals surface area (Å²) in [4.78, 5) is 5.93. The Bertz CT molecular complexity index is 1570. The van der Waals surface area contributed by atoms with Gasteiger partial charge in [-0.2, -0.15) is 5.10 Å². The molecular weight excluding hydrogens is 528 g/mol. The van der Waals surface area contributed by atoms with E-state index in [1.165, 1.54) is 11.3 Å². The van der Waals surface area contributed by atoms with Crippen LogP contribution in [0.15, 0.2) is 74.6 Å². The Labute approximate surface area is 215 Å². The number of anilines is 1. The number of benzene rings is 3. The molecule has 0 amide bonds. The highest BCUT2D eigenvalue weighted by Gasteiger charge is 2.15. The number of nitrogen functional groups attached to an aromatic ring is 1. The fourth-order valence-electron chi connectivity index (χ4n) is 3.49. The summed E-state index contributed by atoms with van der Waals surface area (Å²) in [6.07, 6.45) is 0. The van der Waals surface area contributed by atoms with E-state index < -0.39 is 0 Å². The van der Waals surface area contributed by atoms with E-state index in [4.69, 9.17) is 16.2 Å². The molecule has 36 heavy (non-hydrogen) atoms. The monoisotopic (exact) mass is 544 g/mol. The molecule has 15 heteroatoms. The Morgan fingerprint density at radius 1 is 1.00 bits per heavy atom. The molecule has 12 nitrogen and oxygen atoms in total. The first-order valence-corrected chi connectivity index (χ1v) is 12.4. The minimum atomic E-state index is 0.332. The van der Waals surface area contributed by atoms with Gasteiger partial charge in [0.2, 0.25) is 5.13 Å². The SMILES string of the molecule is Cc1nn(-c2ccc3c(SOOO)cccc3c2)c(N)c1N=Nc1nc2cc(SOOO)ccc2s1. The lowest BCUT2D eigenvalue weighted by atomic mass is 10.1. The van der Waals surface area contributed by atoms with Crippen LogP contribution in [0.2, 0.25) is 0 Å². The van der Waals surface area contributed by atoms with E-state index in [1.54, 1.807) is 23.7 Å². The molecule has 0 saturated heterocycles. The maximum absolute atomic E-state index is 8.44. The Hall–Kier alpha value is -3.12. The van der Waals surface area contributed by atoms with Crippen LogP contribution in [-0.4, -0.2) is 25.3 Å². The fraction of sp³-hybridized carbons (Fsp3) is 0.0476. The van der Waals surface area contributed by atoms with Crippen molar-refractivity contribution in [2.24, 2.45) is 10.2 Å². The van der Waals surface area contributed by atoms with Crippen LogP contribution in [0.1, 0.15) is 5.69 Å². The second kappa shape index (κ2) is 10.9. The van der Waals surface area contributed by atoms with Crippen LogP contribution >= 0.6 is 35.4 Å². The zero-order valence-electron chi connectivity index (χ0n) is 18.3. The van der Waals surface area contributed by atoms with Crippen LogP contribution in [0, 0.1) is 6.92 Å². The van der Waals surface area contributed by atoms with Gasteiger partial charge in [0.1, 0.15) is 0 Å². The van der Waals surface area contributed by atoms with Crippen molar-refractivity contribution in [3.05, 3.63) is 60.3 Å². The summed E-state index contributed by atoms with van der Waals surface area (Å²) in [7, 11) is 0. The van der Waals surface area contributed by atoms with Crippen molar-refractivity contribution < 1.29 is 29.3 Å². The van der Waals surface area contributed by atoms with E-state index >= 15 is 0 Å². The molecule has 0 fully saturated rings. The largest absolute Gasteiger partial charge is 0.382 e.